The van der Waals surface area contributed by atoms with Crippen molar-refractivity contribution in [2.75, 3.05) is 0 Å². The van der Waals surface area contributed by atoms with Gasteiger partial charge in [0.2, 0.25) is 0 Å². The summed E-state index contributed by atoms with van der Waals surface area (Å²) in [6.45, 7) is 2.26. The number of carbonyl (C=O) groups excluding carboxylic acids is 2. The van der Waals surface area contributed by atoms with Gasteiger partial charge >= 0.3 is 0 Å². The molecule has 1 heterocycles. The molecule has 1 atom stereocenters. The zero-order chi connectivity index (χ0) is 17.4. The van der Waals surface area contributed by atoms with E-state index in [2.05, 4.69) is 16.8 Å². The Morgan fingerprint density at radius 2 is 1.80 bits per heavy atom. The number of carbonyl (C=O) groups is 2. The van der Waals surface area contributed by atoms with Gasteiger partial charge < -0.3 is 4.90 Å². The summed E-state index contributed by atoms with van der Waals surface area (Å²) >= 11 is 0. The molecule has 4 rings (SSSR count). The molecule has 1 unspecified atom stereocenters. The Morgan fingerprint density at radius 3 is 2.44 bits per heavy atom. The molecular weight excluding hydrogens is 312 g/mol. The molecule has 0 aromatic rings. The van der Waals surface area contributed by atoms with Gasteiger partial charge in [-0.25, -0.2) is 4.99 Å². The summed E-state index contributed by atoms with van der Waals surface area (Å²) < 4.78 is 0. The molecule has 0 bridgehead atoms. The van der Waals surface area contributed by atoms with Crippen molar-refractivity contribution < 1.29 is 9.59 Å². The van der Waals surface area contributed by atoms with E-state index in [4.69, 9.17) is 0 Å². The first kappa shape index (κ1) is 16.5. The van der Waals surface area contributed by atoms with Crippen LogP contribution in [0.3, 0.4) is 0 Å². The number of aliphatic imine (C=N–C) groups is 1. The number of hydrogen-bond donors (Lipinski definition) is 0. The molecule has 0 aromatic heterocycles. The fourth-order valence-electron chi connectivity index (χ4n) is 4.35. The van der Waals surface area contributed by atoms with Crippen molar-refractivity contribution in [2.45, 2.75) is 64.0 Å². The van der Waals surface area contributed by atoms with Gasteiger partial charge in [0.05, 0.1) is 5.92 Å². The summed E-state index contributed by atoms with van der Waals surface area (Å²) in [5.41, 5.74) is 1.22. The van der Waals surface area contributed by atoms with Crippen LogP contribution >= 0.6 is 0 Å². The average Bonchev–Trinajstić information content (AvgIpc) is 3.47. The maximum absolute atomic E-state index is 13.2. The summed E-state index contributed by atoms with van der Waals surface area (Å²) in [6, 6.07) is 0.671. The first-order valence-corrected chi connectivity index (χ1v) is 9.69. The number of hydrogen-bond acceptors (Lipinski definition) is 2. The molecule has 3 aliphatic carbocycles. The summed E-state index contributed by atoms with van der Waals surface area (Å²) in [5, 5.41) is 0. The molecule has 1 aliphatic heterocycles. The highest BCUT2D eigenvalue weighted by molar-refractivity contribution is 6.45. The van der Waals surface area contributed by atoms with E-state index in [9.17, 15) is 9.59 Å². The highest BCUT2D eigenvalue weighted by atomic mass is 16.2. The summed E-state index contributed by atoms with van der Waals surface area (Å²) in [4.78, 5) is 31.7. The van der Waals surface area contributed by atoms with Crippen molar-refractivity contribution in [3.05, 3.63) is 36.0 Å². The number of fused-ring (bicyclic) bond motifs is 1. The van der Waals surface area contributed by atoms with Gasteiger partial charge in [0, 0.05) is 12.1 Å². The van der Waals surface area contributed by atoms with Gasteiger partial charge in [0.25, 0.3) is 11.8 Å². The topological polar surface area (TPSA) is 49.7 Å². The molecule has 2 fully saturated rings. The molecule has 0 radical (unpaired) electrons. The smallest absolute Gasteiger partial charge is 0.273 e. The molecule has 4 aliphatic rings. The minimum atomic E-state index is -0.309. The molecule has 25 heavy (non-hydrogen) atoms. The largest absolute Gasteiger partial charge is 0.331 e. The van der Waals surface area contributed by atoms with E-state index < -0.39 is 0 Å². The Kier molecular flexibility index (Phi) is 4.45. The average molecular weight is 338 g/mol. The zero-order valence-electron chi connectivity index (χ0n) is 14.9. The lowest BCUT2D eigenvalue weighted by molar-refractivity contribution is -0.128. The Bertz CT molecular complexity index is 689. The third-order valence-electron chi connectivity index (χ3n) is 6.04. The van der Waals surface area contributed by atoms with Gasteiger partial charge in [-0.15, -0.1) is 0 Å². The molecule has 2 amide bonds. The van der Waals surface area contributed by atoms with E-state index in [0.29, 0.717) is 17.8 Å². The van der Waals surface area contributed by atoms with Crippen molar-refractivity contribution in [2.24, 2.45) is 16.8 Å². The second kappa shape index (κ2) is 6.74. The predicted molar refractivity (Wildman–Crippen MR) is 98.2 cm³/mol. The maximum Gasteiger partial charge on any atom is 0.273 e. The molecule has 4 nitrogen and oxygen atoms in total. The summed E-state index contributed by atoms with van der Waals surface area (Å²) in [6.07, 6.45) is 17.4. The Balaban J connectivity index is 1.54. The van der Waals surface area contributed by atoms with E-state index in [0.717, 1.165) is 37.2 Å². The van der Waals surface area contributed by atoms with Crippen LogP contribution in [-0.4, -0.2) is 34.5 Å². The lowest BCUT2D eigenvalue weighted by Gasteiger charge is -2.37. The van der Waals surface area contributed by atoms with E-state index in [1.807, 2.05) is 30.4 Å². The Hall–Kier alpha value is -1.97. The van der Waals surface area contributed by atoms with Crippen LogP contribution < -0.4 is 0 Å². The standard InChI is InChI=1S/C21H26N2O2/c1-2-14-7-9-16(10-8-14)23(17-11-12-17)21(25)19-13-15-5-3-4-6-18(15)20(24)22-19/h3-6,13-14,16-18H,2,7-12H2,1H3. The van der Waals surface area contributed by atoms with Crippen molar-refractivity contribution in [1.29, 1.82) is 0 Å². The molecule has 0 spiro atoms. The molecule has 4 heteroatoms. The fraction of sp³-hybridized carbons (Fsp3) is 0.571. The number of amides is 2. The quantitative estimate of drug-likeness (QED) is 0.786. The number of allylic oxidation sites excluding steroid dienone is 3. The highest BCUT2D eigenvalue weighted by Crippen LogP contribution is 2.37. The third-order valence-corrected chi connectivity index (χ3v) is 6.04. The van der Waals surface area contributed by atoms with Crippen molar-refractivity contribution >= 4 is 17.5 Å². The molecule has 132 valence electrons. The van der Waals surface area contributed by atoms with E-state index >= 15 is 0 Å². The van der Waals surface area contributed by atoms with Crippen LogP contribution in [0, 0.1) is 11.8 Å². The monoisotopic (exact) mass is 338 g/mol. The summed E-state index contributed by atoms with van der Waals surface area (Å²) in [7, 11) is 0. The lowest BCUT2D eigenvalue weighted by atomic mass is 9.83. The van der Waals surface area contributed by atoms with E-state index in [1.165, 1.54) is 19.3 Å². The highest BCUT2D eigenvalue weighted by Gasteiger charge is 2.41. The first-order chi connectivity index (χ1) is 12.2. The van der Waals surface area contributed by atoms with E-state index in [-0.39, 0.29) is 17.7 Å². The zero-order valence-corrected chi connectivity index (χ0v) is 14.9. The van der Waals surface area contributed by atoms with Gasteiger partial charge in [-0.2, -0.15) is 0 Å². The van der Waals surface area contributed by atoms with Gasteiger partial charge in [-0.3, -0.25) is 9.59 Å². The second-order valence-electron chi connectivity index (χ2n) is 7.73. The van der Waals surface area contributed by atoms with E-state index in [1.54, 1.807) is 0 Å². The van der Waals surface area contributed by atoms with Gasteiger partial charge in [0.15, 0.2) is 0 Å². The molecule has 2 saturated carbocycles. The normalized spacial score (nSPS) is 31.2. The maximum atomic E-state index is 13.2. The minimum Gasteiger partial charge on any atom is -0.331 e. The van der Waals surface area contributed by atoms with Crippen molar-refractivity contribution in [1.82, 2.24) is 4.90 Å². The Labute approximate surface area is 149 Å². The van der Waals surface area contributed by atoms with Gasteiger partial charge in [-0.05, 0) is 56.1 Å². The van der Waals surface area contributed by atoms with Crippen molar-refractivity contribution in [3.63, 3.8) is 0 Å². The van der Waals surface area contributed by atoms with Crippen LogP contribution in [0.15, 0.2) is 40.9 Å². The van der Waals surface area contributed by atoms with Crippen LogP contribution in [0.1, 0.15) is 51.9 Å². The van der Waals surface area contributed by atoms with Crippen LogP contribution in [0.5, 0.6) is 0 Å². The number of nitrogens with zero attached hydrogens (tertiary/aromatic N) is 2. The van der Waals surface area contributed by atoms with Crippen LogP contribution in [-0.2, 0) is 9.59 Å². The first-order valence-electron chi connectivity index (χ1n) is 9.69. The molecule has 0 aromatic carbocycles. The molecular formula is C21H26N2O2. The van der Waals surface area contributed by atoms with Gasteiger partial charge in [0.1, 0.15) is 5.71 Å². The number of dihydropyridines is 1. The van der Waals surface area contributed by atoms with Crippen LogP contribution in [0.25, 0.3) is 0 Å². The van der Waals surface area contributed by atoms with Crippen LogP contribution in [0.4, 0.5) is 0 Å². The van der Waals surface area contributed by atoms with Gasteiger partial charge in [-0.1, -0.05) is 37.6 Å². The molecule has 0 saturated heterocycles. The minimum absolute atomic E-state index is 0.0373. The Morgan fingerprint density at radius 1 is 1.12 bits per heavy atom. The third kappa shape index (κ3) is 3.26. The predicted octanol–water partition coefficient (Wildman–Crippen LogP) is 3.60. The second-order valence-corrected chi connectivity index (χ2v) is 7.73. The van der Waals surface area contributed by atoms with Crippen molar-refractivity contribution in [3.8, 4) is 0 Å². The SMILES string of the molecule is CCC1CCC(N(C(=O)C2=NC(=O)C3C=CC=CC3=C2)C2CC2)CC1. The lowest BCUT2D eigenvalue weighted by Crippen LogP contribution is -2.47. The summed E-state index contributed by atoms with van der Waals surface area (Å²) in [5.74, 6) is 0.246. The van der Waals surface area contributed by atoms with Crippen LogP contribution in [0.2, 0.25) is 0 Å². The fourth-order valence-corrected chi connectivity index (χ4v) is 4.35. The number of rotatable bonds is 4. The molecule has 0 N–H and O–H groups in total.